The van der Waals surface area contributed by atoms with Gasteiger partial charge in [-0.25, -0.2) is 0 Å². The highest BCUT2D eigenvalue weighted by molar-refractivity contribution is 7.99. The van der Waals surface area contributed by atoms with Gasteiger partial charge in [-0.1, -0.05) is 49.7 Å². The predicted octanol–water partition coefficient (Wildman–Crippen LogP) is 3.77. The number of hydrogen-bond donors (Lipinski definition) is 1. The van der Waals surface area contributed by atoms with Gasteiger partial charge >= 0.3 is 0 Å². The maximum atomic E-state index is 12.2. The molecule has 0 aliphatic heterocycles. The number of nitrogens with one attached hydrogen (secondary N) is 1. The lowest BCUT2D eigenvalue weighted by Crippen LogP contribution is -2.15. The van der Waals surface area contributed by atoms with Crippen molar-refractivity contribution in [1.29, 1.82) is 0 Å². The zero-order valence-corrected chi connectivity index (χ0v) is 15.1. The van der Waals surface area contributed by atoms with Gasteiger partial charge in [-0.3, -0.25) is 4.79 Å². The van der Waals surface area contributed by atoms with Gasteiger partial charge in [0.2, 0.25) is 5.91 Å². The summed E-state index contributed by atoms with van der Waals surface area (Å²) in [6.07, 6.45) is 5.85. The zero-order chi connectivity index (χ0) is 16.9. The van der Waals surface area contributed by atoms with Crippen LogP contribution in [0.3, 0.4) is 0 Å². The number of benzene rings is 1. The number of carbonyl (C=O) groups excluding carboxylic acids is 1. The molecule has 1 fully saturated rings. The maximum absolute atomic E-state index is 12.2. The Morgan fingerprint density at radius 1 is 1.29 bits per heavy atom. The molecular formula is C18H24N4OS. The average Bonchev–Trinajstić information content (AvgIpc) is 3.23. The summed E-state index contributed by atoms with van der Waals surface area (Å²) in [4.78, 5) is 12.2. The first-order chi connectivity index (χ1) is 11.7. The van der Waals surface area contributed by atoms with Crippen LogP contribution in [0, 0.1) is 0 Å². The molecule has 0 spiro atoms. The molecule has 6 heteroatoms. The molecule has 1 N–H and O–H groups in total. The Kier molecular flexibility index (Phi) is 5.56. The number of nitrogens with zero attached hydrogens (tertiary/aromatic N) is 3. The van der Waals surface area contributed by atoms with Crippen LogP contribution < -0.4 is 5.32 Å². The number of hydrogen-bond acceptors (Lipinski definition) is 4. The van der Waals surface area contributed by atoms with E-state index in [0.717, 1.165) is 28.7 Å². The second-order valence-electron chi connectivity index (χ2n) is 6.23. The van der Waals surface area contributed by atoms with Crippen LogP contribution in [-0.2, 0) is 18.3 Å². The number of thioether (sulfide) groups is 1. The summed E-state index contributed by atoms with van der Waals surface area (Å²) in [6, 6.07) is 7.92. The van der Waals surface area contributed by atoms with Gasteiger partial charge in [0.25, 0.3) is 0 Å². The molecule has 0 saturated heterocycles. The van der Waals surface area contributed by atoms with Gasteiger partial charge in [0.05, 0.1) is 5.75 Å². The highest BCUT2D eigenvalue weighted by atomic mass is 32.2. The fraction of sp³-hybridized carbons (Fsp3) is 0.500. The standard InChI is InChI=1S/C18H24N4OS/c1-3-13-8-6-7-11-15(13)19-16(23)12-24-18-21-20-17(22(18)2)14-9-4-5-10-14/h6-8,11,14H,3-5,9-10,12H2,1-2H3,(H,19,23). The molecule has 1 heterocycles. The SMILES string of the molecule is CCc1ccccc1NC(=O)CSc1nnc(C2CCCC2)n1C. The minimum Gasteiger partial charge on any atom is -0.325 e. The van der Waals surface area contributed by atoms with Gasteiger partial charge in [-0.15, -0.1) is 10.2 Å². The van der Waals surface area contributed by atoms with E-state index in [4.69, 9.17) is 0 Å². The van der Waals surface area contributed by atoms with Crippen LogP contribution in [0.2, 0.25) is 0 Å². The Morgan fingerprint density at radius 2 is 2.04 bits per heavy atom. The molecule has 24 heavy (non-hydrogen) atoms. The molecule has 1 aliphatic carbocycles. The van der Waals surface area contributed by atoms with Crippen molar-refractivity contribution in [2.24, 2.45) is 7.05 Å². The molecule has 0 atom stereocenters. The molecule has 1 aromatic carbocycles. The summed E-state index contributed by atoms with van der Waals surface area (Å²) >= 11 is 1.44. The first-order valence-electron chi connectivity index (χ1n) is 8.59. The van der Waals surface area contributed by atoms with Crippen molar-refractivity contribution < 1.29 is 4.79 Å². The largest absolute Gasteiger partial charge is 0.325 e. The first-order valence-corrected chi connectivity index (χ1v) is 9.57. The van der Waals surface area contributed by atoms with E-state index in [1.54, 1.807) is 0 Å². The van der Waals surface area contributed by atoms with Crippen LogP contribution in [0.4, 0.5) is 5.69 Å². The van der Waals surface area contributed by atoms with E-state index in [-0.39, 0.29) is 5.91 Å². The zero-order valence-electron chi connectivity index (χ0n) is 14.3. The van der Waals surface area contributed by atoms with Crippen molar-refractivity contribution in [1.82, 2.24) is 14.8 Å². The summed E-state index contributed by atoms with van der Waals surface area (Å²) in [5.74, 6) is 1.93. The molecule has 1 aliphatic rings. The molecule has 1 saturated carbocycles. The van der Waals surface area contributed by atoms with E-state index in [9.17, 15) is 4.79 Å². The van der Waals surface area contributed by atoms with E-state index in [0.29, 0.717) is 11.7 Å². The van der Waals surface area contributed by atoms with Crippen LogP contribution in [0.25, 0.3) is 0 Å². The van der Waals surface area contributed by atoms with Crippen LogP contribution >= 0.6 is 11.8 Å². The number of carbonyl (C=O) groups is 1. The number of rotatable bonds is 6. The van der Waals surface area contributed by atoms with Crippen molar-refractivity contribution in [3.63, 3.8) is 0 Å². The molecule has 0 unspecified atom stereocenters. The normalized spacial score (nSPS) is 14.9. The summed E-state index contributed by atoms with van der Waals surface area (Å²) in [7, 11) is 2.00. The molecule has 0 bridgehead atoms. The van der Waals surface area contributed by atoms with Gasteiger partial charge in [0.1, 0.15) is 5.82 Å². The topological polar surface area (TPSA) is 59.8 Å². The van der Waals surface area contributed by atoms with Gasteiger partial charge in [-0.05, 0) is 30.9 Å². The Labute approximate surface area is 147 Å². The number of amides is 1. The molecule has 5 nitrogen and oxygen atoms in total. The number of aromatic nitrogens is 3. The molecular weight excluding hydrogens is 320 g/mol. The lowest BCUT2D eigenvalue weighted by molar-refractivity contribution is -0.113. The Hall–Kier alpha value is -1.82. The highest BCUT2D eigenvalue weighted by Gasteiger charge is 2.23. The minimum atomic E-state index is -0.00804. The summed E-state index contributed by atoms with van der Waals surface area (Å²) in [5, 5.41) is 12.4. The van der Waals surface area contributed by atoms with E-state index in [1.807, 2.05) is 35.9 Å². The number of anilines is 1. The lowest BCUT2D eigenvalue weighted by Gasteiger charge is -2.10. The van der Waals surface area contributed by atoms with Gasteiger partial charge in [0, 0.05) is 18.7 Å². The highest BCUT2D eigenvalue weighted by Crippen LogP contribution is 2.33. The monoisotopic (exact) mass is 344 g/mol. The smallest absolute Gasteiger partial charge is 0.234 e. The molecule has 1 amide bonds. The Bertz CT molecular complexity index is 707. The molecule has 0 radical (unpaired) electrons. The van der Waals surface area contributed by atoms with Crippen LogP contribution in [-0.4, -0.2) is 26.4 Å². The van der Waals surface area contributed by atoms with Crippen molar-refractivity contribution in [3.8, 4) is 0 Å². The summed E-state index contributed by atoms with van der Waals surface area (Å²) in [6.45, 7) is 2.09. The molecule has 3 rings (SSSR count). The van der Waals surface area contributed by atoms with Crippen molar-refractivity contribution >= 4 is 23.4 Å². The minimum absolute atomic E-state index is 0.00804. The quantitative estimate of drug-likeness (QED) is 0.811. The average molecular weight is 344 g/mol. The van der Waals surface area contributed by atoms with Crippen molar-refractivity contribution in [2.75, 3.05) is 11.1 Å². The van der Waals surface area contributed by atoms with Crippen LogP contribution in [0.1, 0.15) is 49.9 Å². The third-order valence-electron chi connectivity index (χ3n) is 4.59. The van der Waals surface area contributed by atoms with Gasteiger partial charge in [-0.2, -0.15) is 0 Å². The molecule has 2 aromatic rings. The third-order valence-corrected chi connectivity index (χ3v) is 5.61. The van der Waals surface area contributed by atoms with Crippen LogP contribution in [0.15, 0.2) is 29.4 Å². The Balaban J connectivity index is 1.58. The van der Waals surface area contributed by atoms with Crippen LogP contribution in [0.5, 0.6) is 0 Å². The van der Waals surface area contributed by atoms with Crippen molar-refractivity contribution in [3.05, 3.63) is 35.7 Å². The van der Waals surface area contributed by atoms with E-state index < -0.39 is 0 Å². The number of para-hydroxylation sites is 1. The summed E-state index contributed by atoms with van der Waals surface area (Å²) in [5.41, 5.74) is 2.05. The fourth-order valence-corrected chi connectivity index (χ4v) is 3.98. The Morgan fingerprint density at radius 3 is 2.79 bits per heavy atom. The first kappa shape index (κ1) is 17.0. The summed E-state index contributed by atoms with van der Waals surface area (Å²) < 4.78 is 2.05. The van der Waals surface area contributed by atoms with Gasteiger partial charge in [0.15, 0.2) is 5.16 Å². The number of aryl methyl sites for hydroxylation is 1. The van der Waals surface area contributed by atoms with E-state index in [1.165, 1.54) is 37.4 Å². The van der Waals surface area contributed by atoms with Gasteiger partial charge < -0.3 is 9.88 Å². The second-order valence-corrected chi connectivity index (χ2v) is 7.17. The van der Waals surface area contributed by atoms with Crippen molar-refractivity contribution in [2.45, 2.75) is 50.1 Å². The van der Waals surface area contributed by atoms with E-state index >= 15 is 0 Å². The lowest BCUT2D eigenvalue weighted by atomic mass is 10.1. The maximum Gasteiger partial charge on any atom is 0.234 e. The second kappa shape index (κ2) is 7.83. The fourth-order valence-electron chi connectivity index (χ4n) is 3.26. The predicted molar refractivity (Wildman–Crippen MR) is 97.4 cm³/mol. The molecule has 1 aromatic heterocycles. The van der Waals surface area contributed by atoms with E-state index in [2.05, 4.69) is 22.4 Å². The molecule has 128 valence electrons. The third kappa shape index (κ3) is 3.80.